The minimum atomic E-state index is -3.54. The number of hydrogen-bond donors (Lipinski definition) is 1. The van der Waals surface area contributed by atoms with Crippen LogP contribution in [0.3, 0.4) is 0 Å². The number of nitrogens with zero attached hydrogens (tertiary/aromatic N) is 3. The molecule has 5 rings (SSSR count). The maximum Gasteiger partial charge on any atom is 0.263 e. The molecule has 37 heavy (non-hydrogen) atoms. The van der Waals surface area contributed by atoms with Crippen molar-refractivity contribution < 1.29 is 13.2 Å². The molecule has 2 aromatic heterocycles. The molecule has 1 amide bonds. The Balaban J connectivity index is 1.35. The van der Waals surface area contributed by atoms with Gasteiger partial charge in [-0.05, 0) is 61.7 Å². The molecule has 0 bridgehead atoms. The largest absolute Gasteiger partial charge is 0.325 e. The average Bonchev–Trinajstić information content (AvgIpc) is 3.23. The Hall–Kier alpha value is -2.86. The van der Waals surface area contributed by atoms with E-state index in [4.69, 9.17) is 0 Å². The quantitative estimate of drug-likeness (QED) is 0.335. The third-order valence-corrected chi connectivity index (χ3v) is 9.85. The van der Waals surface area contributed by atoms with Gasteiger partial charge in [-0.1, -0.05) is 34.5 Å². The molecule has 0 unspecified atom stereocenters. The Bertz CT molecular complexity index is 1620. The molecule has 1 aliphatic heterocycles. The molecule has 0 saturated carbocycles. The molecular formula is C26H25BrN4O4S2. The average molecular weight is 602 g/mol. The Morgan fingerprint density at radius 1 is 1.05 bits per heavy atom. The number of aromatic nitrogens is 2. The van der Waals surface area contributed by atoms with Gasteiger partial charge in [-0.15, -0.1) is 11.3 Å². The zero-order chi connectivity index (χ0) is 26.2. The number of halogens is 1. The van der Waals surface area contributed by atoms with E-state index >= 15 is 0 Å². The lowest BCUT2D eigenvalue weighted by atomic mass is 10.0. The number of carbonyl (C=O) groups excluding carboxylic acids is 1. The second-order valence-electron chi connectivity index (χ2n) is 8.94. The molecule has 11 heteroatoms. The lowest BCUT2D eigenvalue weighted by Crippen LogP contribution is -2.35. The Morgan fingerprint density at radius 3 is 2.41 bits per heavy atom. The molecule has 192 valence electrons. The van der Waals surface area contributed by atoms with E-state index in [-0.39, 0.29) is 17.0 Å². The lowest BCUT2D eigenvalue weighted by molar-refractivity contribution is -0.116. The van der Waals surface area contributed by atoms with Crippen LogP contribution in [0.25, 0.3) is 21.3 Å². The fraction of sp³-hybridized carbons (Fsp3) is 0.269. The number of amides is 1. The first-order chi connectivity index (χ1) is 17.7. The Labute approximate surface area is 227 Å². The number of benzene rings is 2. The van der Waals surface area contributed by atoms with Crippen LogP contribution in [0.4, 0.5) is 5.69 Å². The second-order valence-corrected chi connectivity index (χ2v) is 13.0. The number of nitrogens with one attached hydrogen (secondary N) is 1. The van der Waals surface area contributed by atoms with Crippen molar-refractivity contribution in [3.63, 3.8) is 0 Å². The fourth-order valence-corrected chi connectivity index (χ4v) is 7.32. The summed E-state index contributed by atoms with van der Waals surface area (Å²) >= 11 is 4.88. The van der Waals surface area contributed by atoms with Crippen LogP contribution in [0.5, 0.6) is 0 Å². The van der Waals surface area contributed by atoms with Crippen LogP contribution in [-0.4, -0.2) is 41.3 Å². The van der Waals surface area contributed by atoms with Crippen molar-refractivity contribution in [3.05, 3.63) is 74.6 Å². The van der Waals surface area contributed by atoms with Crippen LogP contribution in [0.1, 0.15) is 24.1 Å². The van der Waals surface area contributed by atoms with Crippen LogP contribution < -0.4 is 10.9 Å². The summed E-state index contributed by atoms with van der Waals surface area (Å²) in [6, 6.07) is 13.8. The van der Waals surface area contributed by atoms with Gasteiger partial charge in [0, 0.05) is 33.7 Å². The SMILES string of the molecule is Cc1sc2ncn(CC(=O)Nc3ccc(S(=O)(=O)N4CCCCC4)cc3)c(=O)c2c1-c1ccc(Br)cc1. The van der Waals surface area contributed by atoms with Crippen molar-refractivity contribution in [3.8, 4) is 11.1 Å². The molecule has 1 N–H and O–H groups in total. The van der Waals surface area contributed by atoms with Gasteiger partial charge < -0.3 is 5.32 Å². The molecule has 3 heterocycles. The highest BCUT2D eigenvalue weighted by Gasteiger charge is 2.25. The van der Waals surface area contributed by atoms with Crippen molar-refractivity contribution >= 4 is 59.1 Å². The summed E-state index contributed by atoms with van der Waals surface area (Å²) in [5, 5.41) is 3.24. The predicted octanol–water partition coefficient (Wildman–Crippen LogP) is 5.01. The number of anilines is 1. The van der Waals surface area contributed by atoms with Crippen molar-refractivity contribution in [2.45, 2.75) is 37.6 Å². The van der Waals surface area contributed by atoms with Crippen LogP contribution in [0.15, 0.2) is 69.0 Å². The summed E-state index contributed by atoms with van der Waals surface area (Å²) in [5.74, 6) is -0.410. The summed E-state index contributed by atoms with van der Waals surface area (Å²) in [4.78, 5) is 32.4. The number of sulfonamides is 1. The number of fused-ring (bicyclic) bond motifs is 1. The van der Waals surface area contributed by atoms with Crippen molar-refractivity contribution in [2.24, 2.45) is 0 Å². The number of rotatable bonds is 6. The van der Waals surface area contributed by atoms with Crippen LogP contribution in [0.2, 0.25) is 0 Å². The Kier molecular flexibility index (Phi) is 7.30. The first-order valence-electron chi connectivity index (χ1n) is 11.9. The summed E-state index contributed by atoms with van der Waals surface area (Å²) < 4.78 is 29.4. The molecular weight excluding hydrogens is 576 g/mol. The van der Waals surface area contributed by atoms with Crippen molar-refractivity contribution in [1.82, 2.24) is 13.9 Å². The number of hydrogen-bond acceptors (Lipinski definition) is 6. The summed E-state index contributed by atoms with van der Waals surface area (Å²) in [7, 11) is -3.54. The van der Waals surface area contributed by atoms with Crippen LogP contribution in [0, 0.1) is 6.92 Å². The highest BCUT2D eigenvalue weighted by atomic mass is 79.9. The summed E-state index contributed by atoms with van der Waals surface area (Å²) in [6.45, 7) is 2.79. The molecule has 4 aromatic rings. The van der Waals surface area contributed by atoms with E-state index in [0.717, 1.165) is 39.7 Å². The van der Waals surface area contributed by atoms with Crippen molar-refractivity contribution in [1.29, 1.82) is 0 Å². The zero-order valence-corrected chi connectivity index (χ0v) is 23.3. The third-order valence-electron chi connectivity index (χ3n) is 6.39. The van der Waals surface area contributed by atoms with Gasteiger partial charge in [-0.2, -0.15) is 4.31 Å². The van der Waals surface area contributed by atoms with E-state index in [9.17, 15) is 18.0 Å². The minimum absolute atomic E-state index is 0.201. The molecule has 1 aliphatic rings. The maximum atomic E-state index is 13.4. The van der Waals surface area contributed by atoms with Gasteiger partial charge in [0.05, 0.1) is 16.6 Å². The molecule has 1 fully saturated rings. The first-order valence-corrected chi connectivity index (χ1v) is 14.9. The molecule has 0 radical (unpaired) electrons. The van der Waals surface area contributed by atoms with Gasteiger partial charge in [0.15, 0.2) is 0 Å². The van der Waals surface area contributed by atoms with E-state index in [1.807, 2.05) is 31.2 Å². The number of aryl methyl sites for hydroxylation is 1. The molecule has 0 spiro atoms. The topological polar surface area (TPSA) is 101 Å². The van der Waals surface area contributed by atoms with Gasteiger partial charge in [-0.3, -0.25) is 14.2 Å². The Morgan fingerprint density at radius 2 is 1.73 bits per heavy atom. The van der Waals surface area contributed by atoms with Gasteiger partial charge in [0.1, 0.15) is 11.4 Å². The van der Waals surface area contributed by atoms with E-state index in [0.29, 0.717) is 29.0 Å². The smallest absolute Gasteiger partial charge is 0.263 e. The second kappa shape index (κ2) is 10.5. The monoisotopic (exact) mass is 600 g/mol. The fourth-order valence-electron chi connectivity index (χ4n) is 4.53. The van der Waals surface area contributed by atoms with Gasteiger partial charge in [0.2, 0.25) is 15.9 Å². The summed E-state index contributed by atoms with van der Waals surface area (Å²) in [6.07, 6.45) is 4.16. The maximum absolute atomic E-state index is 13.4. The number of thiophene rings is 1. The summed E-state index contributed by atoms with van der Waals surface area (Å²) in [5.41, 5.74) is 1.90. The molecule has 0 aliphatic carbocycles. The van der Waals surface area contributed by atoms with E-state index in [1.54, 1.807) is 12.1 Å². The normalized spacial score (nSPS) is 14.6. The minimum Gasteiger partial charge on any atom is -0.325 e. The standard InChI is InChI=1S/C26H25BrN4O4S2/c1-17-23(18-5-7-19(27)8-6-18)24-25(36-17)28-16-30(26(24)33)15-22(32)29-20-9-11-21(12-10-20)37(34,35)31-13-3-2-4-14-31/h5-12,16H,2-4,13-15H2,1H3,(H,29,32). The van der Waals surface area contributed by atoms with E-state index < -0.39 is 15.9 Å². The predicted molar refractivity (Wildman–Crippen MR) is 149 cm³/mol. The molecule has 8 nitrogen and oxygen atoms in total. The third kappa shape index (κ3) is 5.26. The zero-order valence-electron chi connectivity index (χ0n) is 20.1. The molecule has 1 saturated heterocycles. The lowest BCUT2D eigenvalue weighted by Gasteiger charge is -2.25. The van der Waals surface area contributed by atoms with Crippen LogP contribution >= 0.6 is 27.3 Å². The van der Waals surface area contributed by atoms with E-state index in [2.05, 4.69) is 26.2 Å². The van der Waals surface area contributed by atoms with Gasteiger partial charge >= 0.3 is 0 Å². The highest BCUT2D eigenvalue weighted by molar-refractivity contribution is 9.10. The molecule has 0 atom stereocenters. The van der Waals surface area contributed by atoms with Crippen LogP contribution in [-0.2, 0) is 21.4 Å². The number of piperidine rings is 1. The van der Waals surface area contributed by atoms with Crippen molar-refractivity contribution in [2.75, 3.05) is 18.4 Å². The highest BCUT2D eigenvalue weighted by Crippen LogP contribution is 2.35. The first kappa shape index (κ1) is 25.8. The van der Waals surface area contributed by atoms with Gasteiger partial charge in [0.25, 0.3) is 5.56 Å². The van der Waals surface area contributed by atoms with E-state index in [1.165, 1.54) is 38.7 Å². The molecule has 2 aromatic carbocycles. The van der Waals surface area contributed by atoms with Gasteiger partial charge in [-0.25, -0.2) is 13.4 Å². The number of carbonyl (C=O) groups is 1.